The highest BCUT2D eigenvalue weighted by molar-refractivity contribution is 6.21. The standard InChI is InChI=1S/C70H112ClF3N12O12/c1-14-43(6)57-66(96)79(9)44(7)61(91)86-35-29-51(86)64(94)81(11)53(38-45-22-20-23-45)63(93)78(8)40-55(87)75-49(28-26-46-25-27-47(48(71)37-46)70(72,73)74)62(92)85-34-21-24-50(85)60(90)77-69(30-16-17-31-69)68(98)83(13)58(42(4)5)67(97)82(12)54(65(95)84-32-18-15-19-33-84)39-56(88)80(10)52(36-41(2)3)59(89)76-57/h41-54,57-58H,14-40H2,1-13H3,(H,75,87)(H,76,89)(H,77,90)/t43-,44-,46?,47?,48?,49-,50-,51-,52-,53-,54-,57-,58-/m0/s1. The Morgan fingerprint density at radius 1 is 0.612 bits per heavy atom. The van der Waals surface area contributed by atoms with Crippen LogP contribution in [0.3, 0.4) is 0 Å². The van der Waals surface area contributed by atoms with Crippen molar-refractivity contribution in [3.05, 3.63) is 0 Å². The van der Waals surface area contributed by atoms with E-state index in [9.17, 15) is 46.7 Å². The lowest BCUT2D eigenvalue weighted by Gasteiger charge is -2.45. The van der Waals surface area contributed by atoms with Crippen LogP contribution >= 0.6 is 11.6 Å². The average molecular weight is 1410 g/mol. The zero-order chi connectivity index (χ0) is 72.6. The molecule has 13 atom stereocenters. The van der Waals surface area contributed by atoms with Crippen molar-refractivity contribution in [1.29, 1.82) is 0 Å². The summed E-state index contributed by atoms with van der Waals surface area (Å²) in [6.07, 6.45) is 2.67. The molecule has 4 aliphatic heterocycles. The van der Waals surface area contributed by atoms with Crippen molar-refractivity contribution in [2.75, 3.05) is 75.0 Å². The van der Waals surface area contributed by atoms with Gasteiger partial charge in [-0.15, -0.1) is 11.6 Å². The van der Waals surface area contributed by atoms with E-state index >= 15 is 24.0 Å². The van der Waals surface area contributed by atoms with Crippen LogP contribution < -0.4 is 16.0 Å². The second kappa shape index (κ2) is 33.9. The molecule has 3 N–H and O–H groups in total. The van der Waals surface area contributed by atoms with Crippen LogP contribution in [0.5, 0.6) is 0 Å². The summed E-state index contributed by atoms with van der Waals surface area (Å²) in [6, 6.07) is -10.8. The molecule has 0 aromatic carbocycles. The van der Waals surface area contributed by atoms with Gasteiger partial charge in [0.05, 0.1) is 18.9 Å². The van der Waals surface area contributed by atoms with Crippen LogP contribution in [-0.2, 0) is 57.5 Å². The molecule has 98 heavy (non-hydrogen) atoms. The van der Waals surface area contributed by atoms with Crippen LogP contribution in [0.15, 0.2) is 0 Å². The number of carbonyl (C=O) groups excluding carboxylic acids is 12. The Balaban J connectivity index is 1.26. The summed E-state index contributed by atoms with van der Waals surface area (Å²) < 4.78 is 41.9. The summed E-state index contributed by atoms with van der Waals surface area (Å²) >= 11 is 6.39. The maximum absolute atomic E-state index is 15.4. The van der Waals surface area contributed by atoms with Gasteiger partial charge in [-0.1, -0.05) is 80.1 Å². The Bertz CT molecular complexity index is 2910. The van der Waals surface area contributed by atoms with Gasteiger partial charge in [0.25, 0.3) is 0 Å². The van der Waals surface area contributed by atoms with E-state index in [1.165, 1.54) is 83.5 Å². The molecule has 552 valence electrons. The van der Waals surface area contributed by atoms with E-state index in [1.54, 1.807) is 25.7 Å². The number of likely N-dealkylation sites (N-methyl/N-ethyl adjacent to an activating group) is 6. The molecular weight excluding hydrogens is 1290 g/mol. The number of hydrogen-bond donors (Lipinski definition) is 3. The lowest BCUT2D eigenvalue weighted by Crippen LogP contribution is -2.65. The maximum Gasteiger partial charge on any atom is 0.393 e. The quantitative estimate of drug-likeness (QED) is 0.222. The summed E-state index contributed by atoms with van der Waals surface area (Å²) in [4.78, 5) is 191. The minimum Gasteiger partial charge on any atom is -0.343 e. The smallest absolute Gasteiger partial charge is 0.343 e. The molecule has 24 nitrogen and oxygen atoms in total. The lowest BCUT2D eigenvalue weighted by atomic mass is 9.78. The second-order valence-electron chi connectivity index (χ2n) is 30.3. The molecule has 3 unspecified atom stereocenters. The summed E-state index contributed by atoms with van der Waals surface area (Å²) in [6.45, 7) is 12.8. The fraction of sp³-hybridized carbons (Fsp3) is 0.829. The zero-order valence-corrected chi connectivity index (χ0v) is 61.0. The summed E-state index contributed by atoms with van der Waals surface area (Å²) in [7, 11) is 8.63. The number of rotatable bonds is 11. The van der Waals surface area contributed by atoms with Gasteiger partial charge in [-0.05, 0) is 133 Å². The molecule has 7 aliphatic rings. The number of likely N-dealkylation sites (tertiary alicyclic amines) is 1. The van der Waals surface area contributed by atoms with E-state index < -0.39 is 173 Å². The van der Waals surface area contributed by atoms with E-state index in [4.69, 9.17) is 11.6 Å². The van der Waals surface area contributed by atoms with Crippen molar-refractivity contribution < 1.29 is 70.7 Å². The molecule has 0 aromatic heterocycles. The number of fused-ring (bicyclic) bond motifs is 2. The summed E-state index contributed by atoms with van der Waals surface area (Å²) in [5.74, 6) is -10.7. The van der Waals surface area contributed by atoms with E-state index in [1.807, 2.05) is 20.8 Å². The number of carbonyl (C=O) groups is 12. The Morgan fingerprint density at radius 2 is 1.26 bits per heavy atom. The number of hydrogen-bond acceptors (Lipinski definition) is 12. The first-order valence-corrected chi connectivity index (χ1v) is 36.6. The predicted molar refractivity (Wildman–Crippen MR) is 361 cm³/mol. The third-order valence-corrected chi connectivity index (χ3v) is 23.3. The Hall–Kier alpha value is -6.28. The van der Waals surface area contributed by atoms with Crippen molar-refractivity contribution in [3.63, 3.8) is 0 Å². The first-order valence-electron chi connectivity index (χ1n) is 36.2. The molecule has 4 saturated heterocycles. The van der Waals surface area contributed by atoms with E-state index in [-0.39, 0.29) is 101 Å². The lowest BCUT2D eigenvalue weighted by molar-refractivity contribution is -0.182. The van der Waals surface area contributed by atoms with Crippen LogP contribution in [0, 0.1) is 35.5 Å². The van der Waals surface area contributed by atoms with Gasteiger partial charge < -0.3 is 60.0 Å². The van der Waals surface area contributed by atoms with Crippen LogP contribution in [0.25, 0.3) is 0 Å². The molecule has 0 bridgehead atoms. The van der Waals surface area contributed by atoms with Crippen LogP contribution in [-0.4, -0.2) is 261 Å². The van der Waals surface area contributed by atoms with Crippen LogP contribution in [0.1, 0.15) is 190 Å². The molecule has 3 saturated carbocycles. The van der Waals surface area contributed by atoms with Crippen molar-refractivity contribution in [2.45, 2.75) is 261 Å². The predicted octanol–water partition coefficient (Wildman–Crippen LogP) is 5.31. The normalized spacial score (nSPS) is 31.1. The first-order chi connectivity index (χ1) is 46.0. The molecule has 12 amide bonds. The molecular formula is C70H112ClF3N12O12. The van der Waals surface area contributed by atoms with Gasteiger partial charge in [0, 0.05) is 73.8 Å². The number of piperidine rings is 1. The largest absolute Gasteiger partial charge is 0.393 e. The molecule has 7 rings (SSSR count). The first kappa shape index (κ1) is 79.1. The zero-order valence-electron chi connectivity index (χ0n) is 60.3. The fourth-order valence-corrected chi connectivity index (χ4v) is 16.3. The molecule has 0 aromatic rings. The highest BCUT2D eigenvalue weighted by Gasteiger charge is 2.52. The van der Waals surface area contributed by atoms with Crippen LogP contribution in [0.4, 0.5) is 13.2 Å². The Morgan fingerprint density at radius 3 is 1.82 bits per heavy atom. The highest BCUT2D eigenvalue weighted by atomic mass is 35.5. The molecule has 7 fully saturated rings. The minimum atomic E-state index is -4.51. The van der Waals surface area contributed by atoms with Crippen LogP contribution in [0.2, 0.25) is 0 Å². The number of amides is 12. The second-order valence-corrected chi connectivity index (χ2v) is 30.9. The number of nitrogens with zero attached hydrogens (tertiary/aromatic N) is 9. The van der Waals surface area contributed by atoms with Gasteiger partial charge in [0.15, 0.2) is 0 Å². The molecule has 1 spiro atoms. The molecule has 4 heterocycles. The van der Waals surface area contributed by atoms with Gasteiger partial charge in [-0.25, -0.2) is 0 Å². The van der Waals surface area contributed by atoms with Crippen molar-refractivity contribution in [2.24, 2.45) is 35.5 Å². The van der Waals surface area contributed by atoms with E-state index in [2.05, 4.69) is 16.0 Å². The molecule has 28 heteroatoms. The fourth-order valence-electron chi connectivity index (χ4n) is 15.8. The number of halogens is 4. The van der Waals surface area contributed by atoms with Crippen molar-refractivity contribution >= 4 is 82.5 Å². The SMILES string of the molecule is CC[C@H](C)[C@@H]1NC(=O)[C@H](CC(C)C)N(C)C(=O)C[C@@H](C(=O)N2CCCCC2)N(C)C(=O)[C@H](C(C)C)N(C)C(=O)C2(CCCC2)NC(=O)[C@@H]2CCCN2C(=O)[C@H](CCC2CCC(C(F)(F)F)C(Cl)C2)NC(=O)CN(C)C(=O)[C@H](CC2CCC2)N(C)C(=O)[C@@H]2CCN2C(=O)[C@H](C)N(C)C1=O. The number of alkyl halides is 4. The summed E-state index contributed by atoms with van der Waals surface area (Å²) in [5.41, 5.74) is -1.56. The third kappa shape index (κ3) is 18.2. The Kier molecular flexibility index (Phi) is 27.4. The van der Waals surface area contributed by atoms with E-state index in [0.29, 0.717) is 51.6 Å². The van der Waals surface area contributed by atoms with E-state index in [0.717, 1.165) is 30.6 Å². The van der Waals surface area contributed by atoms with Gasteiger partial charge in [-0.3, -0.25) is 57.5 Å². The average Bonchev–Trinajstić information content (AvgIpc) is 1.32. The van der Waals surface area contributed by atoms with Gasteiger partial charge >= 0.3 is 6.18 Å². The van der Waals surface area contributed by atoms with Gasteiger partial charge in [0.2, 0.25) is 70.9 Å². The molecule has 3 aliphatic carbocycles. The van der Waals surface area contributed by atoms with Crippen molar-refractivity contribution in [3.8, 4) is 0 Å². The molecule has 0 radical (unpaired) electrons. The number of nitrogens with one attached hydrogen (secondary N) is 3. The van der Waals surface area contributed by atoms with Crippen molar-refractivity contribution in [1.82, 2.24) is 60.0 Å². The summed E-state index contributed by atoms with van der Waals surface area (Å²) in [5, 5.41) is 7.58. The Labute approximate surface area is 582 Å². The highest BCUT2D eigenvalue weighted by Crippen LogP contribution is 2.44. The minimum absolute atomic E-state index is 0.00104. The topological polar surface area (TPSA) is 270 Å². The monoisotopic (exact) mass is 1400 g/mol. The third-order valence-electron chi connectivity index (χ3n) is 22.8. The maximum atomic E-state index is 15.4. The van der Waals surface area contributed by atoms with Gasteiger partial charge in [-0.2, -0.15) is 13.2 Å². The van der Waals surface area contributed by atoms with Gasteiger partial charge in [0.1, 0.15) is 59.9 Å².